The molecule has 2 N–H and O–H groups in total. The number of nitrogens with zero attached hydrogens (tertiary/aromatic N) is 2. The third-order valence-corrected chi connectivity index (χ3v) is 8.69. The van der Waals surface area contributed by atoms with E-state index in [1.807, 2.05) is 26.8 Å². The summed E-state index contributed by atoms with van der Waals surface area (Å²) in [6.07, 6.45) is -1.78. The lowest BCUT2D eigenvalue weighted by Crippen LogP contribution is -2.42. The number of hydrogen-bond acceptors (Lipinski definition) is 6. The fourth-order valence-corrected chi connectivity index (χ4v) is 5.68. The first-order chi connectivity index (χ1) is 22.2. The second kappa shape index (κ2) is 13.3. The largest absolute Gasteiger partial charge is 0.573 e. The highest BCUT2D eigenvalue weighted by molar-refractivity contribution is 7.14. The molecule has 0 spiro atoms. The third-order valence-electron chi connectivity index (χ3n) is 7.18. The summed E-state index contributed by atoms with van der Waals surface area (Å²) >= 11 is 1.34. The number of amides is 1. The van der Waals surface area contributed by atoms with E-state index in [9.17, 15) is 27.9 Å². The number of carboxylic acids is 1. The Morgan fingerprint density at radius 1 is 0.851 bits per heavy atom. The molecule has 47 heavy (non-hydrogen) atoms. The average Bonchev–Trinajstić information content (AvgIpc) is 3.53. The Morgan fingerprint density at radius 2 is 1.47 bits per heavy atom. The van der Waals surface area contributed by atoms with E-state index in [-0.39, 0.29) is 23.1 Å². The Hall–Kier alpha value is -5.10. The quantitative estimate of drug-likeness (QED) is 0.154. The minimum absolute atomic E-state index is 0.0689. The molecule has 1 atom stereocenters. The van der Waals surface area contributed by atoms with Crippen LogP contribution in [0.5, 0.6) is 5.75 Å². The predicted octanol–water partition coefficient (Wildman–Crippen LogP) is 8.30. The highest BCUT2D eigenvalue weighted by Crippen LogP contribution is 2.31. The molecule has 2 heterocycles. The van der Waals surface area contributed by atoms with E-state index in [0.29, 0.717) is 38.5 Å². The Balaban J connectivity index is 1.23. The van der Waals surface area contributed by atoms with Crippen LogP contribution in [-0.2, 0) is 16.6 Å². The molecule has 0 radical (unpaired) electrons. The fourth-order valence-electron chi connectivity index (χ4n) is 4.71. The van der Waals surface area contributed by atoms with E-state index in [0.717, 1.165) is 17.0 Å². The predicted molar refractivity (Wildman–Crippen MR) is 171 cm³/mol. The number of benzene rings is 3. The van der Waals surface area contributed by atoms with Crippen molar-refractivity contribution in [3.8, 4) is 39.4 Å². The summed E-state index contributed by atoms with van der Waals surface area (Å²) in [6.45, 7) is 6.12. The Labute approximate surface area is 271 Å². The zero-order chi connectivity index (χ0) is 33.9. The van der Waals surface area contributed by atoms with Gasteiger partial charge in [0.25, 0.3) is 5.91 Å². The number of alkyl halides is 3. The maximum Gasteiger partial charge on any atom is 0.573 e. The van der Waals surface area contributed by atoms with Gasteiger partial charge in [-0.1, -0.05) is 69.3 Å². The normalized spacial score (nSPS) is 12.4. The Kier molecular flexibility index (Phi) is 9.43. The van der Waals surface area contributed by atoms with Crippen LogP contribution < -0.4 is 10.1 Å². The summed E-state index contributed by atoms with van der Waals surface area (Å²) in [4.78, 5) is 34.9. The van der Waals surface area contributed by atoms with Gasteiger partial charge in [-0.05, 0) is 52.4 Å². The van der Waals surface area contributed by atoms with E-state index in [1.54, 1.807) is 36.4 Å². The fraction of sp³-hybridized carbons (Fsp3) is 0.200. The number of aliphatic carboxylic acids is 1. The molecule has 7 nitrogen and oxygen atoms in total. The molecule has 0 saturated carbocycles. The van der Waals surface area contributed by atoms with Crippen LogP contribution in [0, 0.1) is 5.82 Å². The number of carbonyl (C=O) groups is 2. The molecule has 0 bridgehead atoms. The smallest absolute Gasteiger partial charge is 0.480 e. The number of nitrogens with one attached hydrogen (secondary N) is 1. The lowest BCUT2D eigenvalue weighted by molar-refractivity contribution is -0.274. The summed E-state index contributed by atoms with van der Waals surface area (Å²) < 4.78 is 56.2. The second-order valence-electron chi connectivity index (χ2n) is 11.7. The SMILES string of the molecule is CC(C)(C)c1ccc(C(=O)N[C@@H](Cc2ccc(-c3ncc(-c4ccc(-c5ccc(OC(F)(F)F)cc5)cc4F)cn3)cc2)C(=O)O)s1. The number of ether oxygens (including phenoxy) is 1. The van der Waals surface area contributed by atoms with Crippen LogP contribution >= 0.6 is 11.3 Å². The van der Waals surface area contributed by atoms with E-state index >= 15 is 4.39 Å². The second-order valence-corrected chi connectivity index (χ2v) is 12.8. The van der Waals surface area contributed by atoms with Crippen molar-refractivity contribution in [3.05, 3.63) is 112 Å². The Bertz CT molecular complexity index is 1880. The molecule has 5 aromatic rings. The van der Waals surface area contributed by atoms with Gasteiger partial charge in [-0.15, -0.1) is 24.5 Å². The lowest BCUT2D eigenvalue weighted by atomic mass is 9.95. The molecule has 0 aliphatic heterocycles. The monoisotopic (exact) mass is 663 g/mol. The zero-order valence-electron chi connectivity index (χ0n) is 25.4. The van der Waals surface area contributed by atoms with Gasteiger partial charge in [0, 0.05) is 40.4 Å². The maximum atomic E-state index is 15.1. The average molecular weight is 664 g/mol. The van der Waals surface area contributed by atoms with Crippen molar-refractivity contribution in [3.63, 3.8) is 0 Å². The van der Waals surface area contributed by atoms with Crippen molar-refractivity contribution in [2.75, 3.05) is 0 Å². The number of rotatable bonds is 9. The van der Waals surface area contributed by atoms with Crippen molar-refractivity contribution in [2.45, 2.75) is 45.0 Å². The van der Waals surface area contributed by atoms with E-state index < -0.39 is 30.1 Å². The van der Waals surface area contributed by atoms with E-state index in [4.69, 9.17) is 0 Å². The summed E-state index contributed by atoms with van der Waals surface area (Å²) in [7, 11) is 0. The number of halogens is 4. The van der Waals surface area contributed by atoms with Gasteiger partial charge in [0.05, 0.1) is 4.88 Å². The van der Waals surface area contributed by atoms with Gasteiger partial charge in [-0.25, -0.2) is 19.2 Å². The van der Waals surface area contributed by atoms with Gasteiger partial charge >= 0.3 is 12.3 Å². The molecule has 0 aliphatic carbocycles. The molecule has 1 amide bonds. The molecule has 242 valence electrons. The zero-order valence-corrected chi connectivity index (χ0v) is 26.2. The number of carbonyl (C=O) groups excluding carboxylic acids is 1. The summed E-state index contributed by atoms with van der Waals surface area (Å²) in [5.41, 5.74) is 2.85. The van der Waals surface area contributed by atoms with Gasteiger partial charge < -0.3 is 15.2 Å². The van der Waals surface area contributed by atoms with Crippen LogP contribution in [0.4, 0.5) is 17.6 Å². The first kappa shape index (κ1) is 33.3. The van der Waals surface area contributed by atoms with E-state index in [2.05, 4.69) is 20.0 Å². The summed E-state index contributed by atoms with van der Waals surface area (Å²) in [5, 5.41) is 12.4. The summed E-state index contributed by atoms with van der Waals surface area (Å²) in [5.74, 6) is -2.16. The third kappa shape index (κ3) is 8.39. The van der Waals surface area contributed by atoms with Crippen LogP contribution in [0.1, 0.15) is 40.9 Å². The van der Waals surface area contributed by atoms with Gasteiger partial charge in [0.15, 0.2) is 5.82 Å². The number of carboxylic acid groups (broad SMARTS) is 1. The van der Waals surface area contributed by atoms with Crippen LogP contribution in [0.15, 0.2) is 91.3 Å². The highest BCUT2D eigenvalue weighted by atomic mass is 32.1. The highest BCUT2D eigenvalue weighted by Gasteiger charge is 2.31. The van der Waals surface area contributed by atoms with Crippen molar-refractivity contribution < 1.29 is 37.0 Å². The topological polar surface area (TPSA) is 101 Å². The number of thiophene rings is 1. The van der Waals surface area contributed by atoms with E-state index in [1.165, 1.54) is 48.0 Å². The van der Waals surface area contributed by atoms with Crippen molar-refractivity contribution >= 4 is 23.2 Å². The molecule has 0 saturated heterocycles. The minimum atomic E-state index is -4.80. The number of hydrogen-bond donors (Lipinski definition) is 2. The molecule has 0 fully saturated rings. The van der Waals surface area contributed by atoms with Crippen LogP contribution in [0.2, 0.25) is 0 Å². The Morgan fingerprint density at radius 3 is 2.02 bits per heavy atom. The molecular weight excluding hydrogens is 634 g/mol. The molecule has 2 aromatic heterocycles. The van der Waals surface area contributed by atoms with Gasteiger partial charge in [0.2, 0.25) is 0 Å². The van der Waals surface area contributed by atoms with Crippen LogP contribution in [0.25, 0.3) is 33.6 Å². The van der Waals surface area contributed by atoms with Crippen LogP contribution in [-0.4, -0.2) is 39.4 Å². The standard InChI is InChI=1S/C35H29F4N3O4S/c1-34(2,3)30-15-14-29(47-30)32(43)42-28(33(44)45)16-20-4-6-22(7-5-20)31-40-18-24(19-41-31)26-13-10-23(17-27(26)36)21-8-11-25(12-9-21)46-35(37,38)39/h4-15,17-19,28H,16H2,1-3H3,(H,42,43)(H,44,45)/t28-/m0/s1. The molecule has 0 aliphatic rings. The first-order valence-corrected chi connectivity index (χ1v) is 15.2. The lowest BCUT2D eigenvalue weighted by Gasteiger charge is -2.16. The molecule has 5 rings (SSSR count). The first-order valence-electron chi connectivity index (χ1n) is 14.4. The van der Waals surface area contributed by atoms with Crippen LogP contribution in [0.3, 0.4) is 0 Å². The van der Waals surface area contributed by atoms with Crippen molar-refractivity contribution in [1.29, 1.82) is 0 Å². The van der Waals surface area contributed by atoms with Gasteiger partial charge in [0.1, 0.15) is 17.6 Å². The molecular formula is C35H29F4N3O4S. The van der Waals surface area contributed by atoms with Crippen molar-refractivity contribution in [1.82, 2.24) is 15.3 Å². The molecule has 0 unspecified atom stereocenters. The summed E-state index contributed by atoms with van der Waals surface area (Å²) in [6, 6.07) is 19.0. The molecule has 3 aromatic carbocycles. The van der Waals surface area contributed by atoms with Crippen molar-refractivity contribution in [2.24, 2.45) is 0 Å². The maximum absolute atomic E-state index is 15.1. The van der Waals surface area contributed by atoms with Gasteiger partial charge in [-0.2, -0.15) is 0 Å². The number of aromatic nitrogens is 2. The minimum Gasteiger partial charge on any atom is -0.480 e. The molecule has 12 heteroatoms. The van der Waals surface area contributed by atoms with Gasteiger partial charge in [-0.3, -0.25) is 4.79 Å².